The summed E-state index contributed by atoms with van der Waals surface area (Å²) in [6.45, 7) is 1.72. The number of hydrogen-bond acceptors (Lipinski definition) is 7. The van der Waals surface area contributed by atoms with Gasteiger partial charge in [0.2, 0.25) is 0 Å². The van der Waals surface area contributed by atoms with E-state index in [4.69, 9.17) is 8.94 Å². The van der Waals surface area contributed by atoms with Gasteiger partial charge in [0.1, 0.15) is 11.2 Å². The van der Waals surface area contributed by atoms with E-state index >= 15 is 0 Å². The third kappa shape index (κ3) is 2.87. The molecule has 0 aliphatic rings. The maximum Gasteiger partial charge on any atom is 0.277 e. The summed E-state index contributed by atoms with van der Waals surface area (Å²) in [5.74, 6) is 0.0394. The lowest BCUT2D eigenvalue weighted by Crippen LogP contribution is -2.14. The van der Waals surface area contributed by atoms with Crippen LogP contribution in [-0.2, 0) is 10.0 Å². The van der Waals surface area contributed by atoms with Crippen molar-refractivity contribution in [1.29, 1.82) is 0 Å². The molecule has 0 bridgehead atoms. The second-order valence-corrected chi connectivity index (χ2v) is 8.30. The van der Waals surface area contributed by atoms with Gasteiger partial charge in [-0.25, -0.2) is 13.1 Å². The summed E-state index contributed by atoms with van der Waals surface area (Å²) in [5, 5.41) is 3.59. The van der Waals surface area contributed by atoms with E-state index in [2.05, 4.69) is 30.8 Å². The molecule has 21 heavy (non-hydrogen) atoms. The molecule has 3 aromatic heterocycles. The summed E-state index contributed by atoms with van der Waals surface area (Å²) in [4.78, 5) is 4.80. The number of nitrogens with zero attached hydrogens (tertiary/aromatic N) is 2. The predicted octanol–water partition coefficient (Wildman–Crippen LogP) is 3.26. The van der Waals surface area contributed by atoms with Crippen LogP contribution in [0.4, 0.5) is 5.95 Å². The molecule has 1 N–H and O–H groups in total. The summed E-state index contributed by atoms with van der Waals surface area (Å²) in [6, 6.07) is 3.16. The van der Waals surface area contributed by atoms with E-state index in [0.29, 0.717) is 10.4 Å². The number of furan rings is 1. The Morgan fingerprint density at radius 1 is 1.43 bits per heavy atom. The van der Waals surface area contributed by atoms with E-state index in [1.807, 2.05) is 0 Å². The summed E-state index contributed by atoms with van der Waals surface area (Å²) >= 11 is 4.59. The molecule has 0 spiro atoms. The molecule has 0 atom stereocenters. The van der Waals surface area contributed by atoms with Gasteiger partial charge in [-0.05, 0) is 40.1 Å². The van der Waals surface area contributed by atoms with Gasteiger partial charge in [-0.3, -0.25) is 0 Å². The first kappa shape index (κ1) is 14.3. The second kappa shape index (κ2) is 5.28. The summed E-state index contributed by atoms with van der Waals surface area (Å²) in [7, 11) is -3.76. The van der Waals surface area contributed by atoms with Crippen LogP contribution in [0.1, 0.15) is 4.88 Å². The van der Waals surface area contributed by atoms with Crippen LogP contribution >= 0.6 is 27.3 Å². The van der Waals surface area contributed by atoms with E-state index in [1.54, 1.807) is 13.0 Å². The highest BCUT2D eigenvalue weighted by Gasteiger charge is 2.22. The summed E-state index contributed by atoms with van der Waals surface area (Å²) in [6.07, 6.45) is 2.88. The number of thiophene rings is 1. The molecular weight excluding hydrogens is 382 g/mol. The number of anilines is 1. The first-order valence-electron chi connectivity index (χ1n) is 5.61. The first-order valence-corrected chi connectivity index (χ1v) is 8.70. The zero-order valence-corrected chi connectivity index (χ0v) is 13.8. The molecule has 0 saturated carbocycles. The van der Waals surface area contributed by atoms with Gasteiger partial charge in [-0.15, -0.1) is 11.3 Å². The van der Waals surface area contributed by atoms with Crippen LogP contribution in [0.15, 0.2) is 42.3 Å². The van der Waals surface area contributed by atoms with E-state index in [9.17, 15) is 8.42 Å². The highest BCUT2D eigenvalue weighted by atomic mass is 79.9. The predicted molar refractivity (Wildman–Crippen MR) is 79.6 cm³/mol. The van der Waals surface area contributed by atoms with Crippen molar-refractivity contribution in [2.24, 2.45) is 0 Å². The lowest BCUT2D eigenvalue weighted by atomic mass is 10.3. The van der Waals surface area contributed by atoms with Crippen molar-refractivity contribution in [1.82, 2.24) is 10.1 Å². The Morgan fingerprint density at radius 2 is 2.24 bits per heavy atom. The average molecular weight is 390 g/mol. The number of halogens is 1. The highest BCUT2D eigenvalue weighted by molar-refractivity contribution is 9.11. The van der Waals surface area contributed by atoms with E-state index in [0.717, 1.165) is 3.79 Å². The lowest BCUT2D eigenvalue weighted by Gasteiger charge is -2.02. The zero-order chi connectivity index (χ0) is 15.0. The minimum Gasteiger partial charge on any atom is -0.472 e. The molecule has 0 fully saturated rings. The van der Waals surface area contributed by atoms with E-state index in [1.165, 1.54) is 29.9 Å². The molecular formula is C11H8BrN3O4S2. The number of aromatic nitrogens is 2. The summed E-state index contributed by atoms with van der Waals surface area (Å²) in [5.41, 5.74) is 0.572. The fraction of sp³-hybridized carbons (Fsp3) is 0.0909. The van der Waals surface area contributed by atoms with Gasteiger partial charge in [-0.2, -0.15) is 4.98 Å². The smallest absolute Gasteiger partial charge is 0.277 e. The largest absolute Gasteiger partial charge is 0.472 e. The van der Waals surface area contributed by atoms with Crippen molar-refractivity contribution in [2.75, 3.05) is 4.72 Å². The number of aryl methyl sites for hydroxylation is 1. The minimum atomic E-state index is -3.76. The Balaban J connectivity index is 1.88. The first-order chi connectivity index (χ1) is 9.95. The molecule has 10 heteroatoms. The molecule has 110 valence electrons. The van der Waals surface area contributed by atoms with Gasteiger partial charge < -0.3 is 8.94 Å². The van der Waals surface area contributed by atoms with Crippen molar-refractivity contribution >= 4 is 43.2 Å². The second-order valence-electron chi connectivity index (χ2n) is 4.01. The van der Waals surface area contributed by atoms with Gasteiger partial charge in [0, 0.05) is 4.88 Å². The van der Waals surface area contributed by atoms with Crippen LogP contribution in [0, 0.1) is 6.92 Å². The lowest BCUT2D eigenvalue weighted by molar-refractivity contribution is 0.432. The quantitative estimate of drug-likeness (QED) is 0.734. The fourth-order valence-corrected chi connectivity index (χ4v) is 4.99. The van der Waals surface area contributed by atoms with Gasteiger partial charge >= 0.3 is 0 Å². The number of hydrogen-bond donors (Lipinski definition) is 1. The third-order valence-electron chi connectivity index (χ3n) is 2.55. The van der Waals surface area contributed by atoms with Crippen molar-refractivity contribution in [2.45, 2.75) is 11.8 Å². The Bertz CT molecular complexity index is 867. The Labute approximate surface area is 132 Å². The molecule has 7 nitrogen and oxygen atoms in total. The maximum atomic E-state index is 12.3. The van der Waals surface area contributed by atoms with Crippen molar-refractivity contribution in [3.8, 4) is 11.5 Å². The standard InChI is InChI=1S/C11H8BrN3O4S2/c1-6-8(4-9(12)20-6)21(16,17)15-11-13-10(19-14-11)7-2-3-18-5-7/h2-5H,1H3,(H,14,15). The van der Waals surface area contributed by atoms with Gasteiger partial charge in [0.15, 0.2) is 0 Å². The molecule has 0 aliphatic heterocycles. The van der Waals surface area contributed by atoms with E-state index < -0.39 is 10.0 Å². The van der Waals surface area contributed by atoms with Gasteiger partial charge in [0.05, 0.1) is 15.6 Å². The average Bonchev–Trinajstić information content (AvgIpc) is 3.08. The Morgan fingerprint density at radius 3 is 2.86 bits per heavy atom. The Kier molecular flexibility index (Phi) is 3.59. The molecule has 3 rings (SSSR count). The molecule has 3 aromatic rings. The molecule has 0 saturated heterocycles. The molecule has 0 radical (unpaired) electrons. The number of rotatable bonds is 4. The molecule has 0 aliphatic carbocycles. The van der Waals surface area contributed by atoms with Crippen LogP contribution < -0.4 is 4.72 Å². The van der Waals surface area contributed by atoms with Gasteiger partial charge in [0.25, 0.3) is 21.9 Å². The van der Waals surface area contributed by atoms with Crippen LogP contribution in [-0.4, -0.2) is 18.6 Å². The van der Waals surface area contributed by atoms with E-state index in [-0.39, 0.29) is 16.7 Å². The molecule has 0 amide bonds. The van der Waals surface area contributed by atoms with Crippen molar-refractivity contribution in [3.63, 3.8) is 0 Å². The van der Waals surface area contributed by atoms with Gasteiger partial charge in [-0.1, -0.05) is 0 Å². The van der Waals surface area contributed by atoms with Crippen LogP contribution in [0.2, 0.25) is 0 Å². The third-order valence-corrected chi connectivity index (χ3v) is 5.69. The van der Waals surface area contributed by atoms with Crippen LogP contribution in [0.3, 0.4) is 0 Å². The fourth-order valence-electron chi connectivity index (χ4n) is 1.64. The highest BCUT2D eigenvalue weighted by Crippen LogP contribution is 2.30. The molecule has 3 heterocycles. The minimum absolute atomic E-state index is 0.132. The number of nitrogens with one attached hydrogen (secondary N) is 1. The van der Waals surface area contributed by atoms with Crippen molar-refractivity contribution in [3.05, 3.63) is 33.3 Å². The summed E-state index contributed by atoms with van der Waals surface area (Å²) < 4.78 is 37.4. The monoisotopic (exact) mass is 389 g/mol. The Hall–Kier alpha value is -1.65. The molecule has 0 unspecified atom stereocenters. The van der Waals surface area contributed by atoms with Crippen molar-refractivity contribution < 1.29 is 17.4 Å². The molecule has 0 aromatic carbocycles. The number of sulfonamides is 1. The topological polar surface area (TPSA) is 98.2 Å². The SMILES string of the molecule is Cc1sc(Br)cc1S(=O)(=O)Nc1noc(-c2ccoc2)n1. The normalized spacial score (nSPS) is 11.7. The zero-order valence-electron chi connectivity index (χ0n) is 10.5. The van der Waals surface area contributed by atoms with Crippen LogP contribution in [0.25, 0.3) is 11.5 Å². The van der Waals surface area contributed by atoms with Crippen LogP contribution in [0.5, 0.6) is 0 Å². The maximum absolute atomic E-state index is 12.3.